The third-order valence-corrected chi connectivity index (χ3v) is 4.68. The van der Waals surface area contributed by atoms with Crippen molar-refractivity contribution in [1.29, 1.82) is 5.26 Å². The minimum absolute atomic E-state index is 0.0205. The maximum Gasteiger partial charge on any atom is 0.214 e. The molecule has 0 amide bonds. The lowest BCUT2D eigenvalue weighted by molar-refractivity contribution is 0.0429. The van der Waals surface area contributed by atoms with Gasteiger partial charge < -0.3 is 10.1 Å². The summed E-state index contributed by atoms with van der Waals surface area (Å²) >= 11 is 0. The van der Waals surface area contributed by atoms with Gasteiger partial charge in [-0.05, 0) is 24.1 Å². The topological polar surface area (TPSA) is 91.2 Å². The molecule has 1 atom stereocenters. The molecule has 0 radical (unpaired) electrons. The van der Waals surface area contributed by atoms with Crippen molar-refractivity contribution < 1.29 is 13.2 Å². The fourth-order valence-electron chi connectivity index (χ4n) is 2.13. The molecule has 0 spiro atoms. The first-order valence-corrected chi connectivity index (χ1v) is 8.53. The highest BCUT2D eigenvalue weighted by molar-refractivity contribution is 7.89. The SMILES string of the molecule is N#Cc1ccc(CCNS(=O)(=O)CC2CNCCO2)cc1. The van der Waals surface area contributed by atoms with E-state index in [-0.39, 0.29) is 11.9 Å². The maximum absolute atomic E-state index is 11.9. The van der Waals surface area contributed by atoms with E-state index in [1.807, 2.05) is 18.2 Å². The van der Waals surface area contributed by atoms with E-state index in [1.165, 1.54) is 0 Å². The minimum atomic E-state index is -3.33. The van der Waals surface area contributed by atoms with Crippen LogP contribution in [-0.2, 0) is 21.2 Å². The number of sulfonamides is 1. The smallest absolute Gasteiger partial charge is 0.214 e. The molecule has 21 heavy (non-hydrogen) atoms. The highest BCUT2D eigenvalue weighted by Gasteiger charge is 2.21. The van der Waals surface area contributed by atoms with Gasteiger partial charge in [0.2, 0.25) is 10.0 Å². The lowest BCUT2D eigenvalue weighted by Gasteiger charge is -2.23. The predicted octanol–water partition coefficient (Wildman–Crippen LogP) is 0.00858. The van der Waals surface area contributed by atoms with E-state index in [1.54, 1.807) is 12.1 Å². The van der Waals surface area contributed by atoms with Crippen LogP contribution in [0, 0.1) is 11.3 Å². The van der Waals surface area contributed by atoms with Gasteiger partial charge in [-0.25, -0.2) is 13.1 Å². The summed E-state index contributed by atoms with van der Waals surface area (Å²) in [4.78, 5) is 0. The summed E-state index contributed by atoms with van der Waals surface area (Å²) < 4.78 is 31.8. The van der Waals surface area contributed by atoms with Crippen molar-refractivity contribution >= 4 is 10.0 Å². The van der Waals surface area contributed by atoms with Gasteiger partial charge in [-0.15, -0.1) is 0 Å². The van der Waals surface area contributed by atoms with Gasteiger partial charge in [0.15, 0.2) is 0 Å². The number of nitriles is 1. The molecule has 1 fully saturated rings. The second-order valence-electron chi connectivity index (χ2n) is 4.93. The number of nitrogens with zero attached hydrogens (tertiary/aromatic N) is 1. The Kier molecular flexibility index (Phi) is 5.70. The molecule has 1 aliphatic heterocycles. The summed E-state index contributed by atoms with van der Waals surface area (Å²) in [6, 6.07) is 9.17. The van der Waals surface area contributed by atoms with Crippen LogP contribution in [0.2, 0.25) is 0 Å². The van der Waals surface area contributed by atoms with Crippen molar-refractivity contribution in [2.75, 3.05) is 32.0 Å². The quantitative estimate of drug-likeness (QED) is 0.772. The second-order valence-corrected chi connectivity index (χ2v) is 6.78. The van der Waals surface area contributed by atoms with Gasteiger partial charge in [-0.3, -0.25) is 0 Å². The Morgan fingerprint density at radius 3 is 2.76 bits per heavy atom. The first-order valence-electron chi connectivity index (χ1n) is 6.88. The molecule has 2 rings (SSSR count). The summed E-state index contributed by atoms with van der Waals surface area (Å²) in [7, 11) is -3.33. The fourth-order valence-corrected chi connectivity index (χ4v) is 3.36. The van der Waals surface area contributed by atoms with Gasteiger partial charge >= 0.3 is 0 Å². The van der Waals surface area contributed by atoms with Crippen molar-refractivity contribution in [3.63, 3.8) is 0 Å². The monoisotopic (exact) mass is 309 g/mol. The molecule has 114 valence electrons. The maximum atomic E-state index is 11.9. The van der Waals surface area contributed by atoms with Gasteiger partial charge in [0.1, 0.15) is 0 Å². The Labute approximate surface area is 125 Å². The fraction of sp³-hybridized carbons (Fsp3) is 0.500. The van der Waals surface area contributed by atoms with Gasteiger partial charge in [0.05, 0.1) is 30.1 Å². The molecule has 2 N–H and O–H groups in total. The van der Waals surface area contributed by atoms with E-state index in [0.717, 1.165) is 12.1 Å². The summed E-state index contributed by atoms with van der Waals surface area (Å²) in [6.45, 7) is 2.22. The number of ether oxygens (including phenoxy) is 1. The Hall–Kier alpha value is -1.46. The molecule has 0 bridgehead atoms. The van der Waals surface area contributed by atoms with Crippen LogP contribution in [0.25, 0.3) is 0 Å². The lowest BCUT2D eigenvalue weighted by Crippen LogP contribution is -2.44. The number of morpholine rings is 1. The Morgan fingerprint density at radius 2 is 2.14 bits per heavy atom. The highest BCUT2D eigenvalue weighted by Crippen LogP contribution is 2.04. The zero-order valence-corrected chi connectivity index (χ0v) is 12.5. The summed E-state index contributed by atoms with van der Waals surface area (Å²) in [5.74, 6) is -0.0205. The first-order chi connectivity index (χ1) is 10.1. The van der Waals surface area contributed by atoms with Crippen molar-refractivity contribution in [2.45, 2.75) is 12.5 Å². The van der Waals surface area contributed by atoms with Crippen LogP contribution in [0.3, 0.4) is 0 Å². The number of nitrogens with one attached hydrogen (secondary N) is 2. The normalized spacial score (nSPS) is 19.1. The van der Waals surface area contributed by atoms with Crippen LogP contribution >= 0.6 is 0 Å². The van der Waals surface area contributed by atoms with Crippen LogP contribution in [0.5, 0.6) is 0 Å². The molecule has 0 aliphatic carbocycles. The minimum Gasteiger partial charge on any atom is -0.374 e. The summed E-state index contributed by atoms with van der Waals surface area (Å²) in [6.07, 6.45) is 0.306. The molecule has 1 unspecified atom stereocenters. The van der Waals surface area contributed by atoms with Crippen LogP contribution in [0.1, 0.15) is 11.1 Å². The summed E-state index contributed by atoms with van der Waals surface area (Å²) in [5.41, 5.74) is 1.59. The number of rotatable bonds is 6. The first kappa shape index (κ1) is 15.9. The largest absolute Gasteiger partial charge is 0.374 e. The number of hydrogen-bond donors (Lipinski definition) is 2. The van der Waals surface area contributed by atoms with E-state index in [4.69, 9.17) is 10.00 Å². The zero-order valence-electron chi connectivity index (χ0n) is 11.7. The van der Waals surface area contributed by atoms with Gasteiger partial charge in [0, 0.05) is 19.6 Å². The molecule has 1 aliphatic rings. The molecule has 7 heteroatoms. The van der Waals surface area contributed by atoms with E-state index in [2.05, 4.69) is 10.0 Å². The standard InChI is InChI=1S/C14H19N3O3S/c15-9-13-3-1-12(2-4-13)5-6-17-21(18,19)11-14-10-16-7-8-20-14/h1-4,14,16-17H,5-8,10-11H2. The second kappa shape index (κ2) is 7.52. The number of hydrogen-bond acceptors (Lipinski definition) is 5. The van der Waals surface area contributed by atoms with E-state index >= 15 is 0 Å². The third-order valence-electron chi connectivity index (χ3n) is 3.23. The van der Waals surface area contributed by atoms with Gasteiger partial charge in [-0.1, -0.05) is 12.1 Å². The van der Waals surface area contributed by atoms with Gasteiger partial charge in [-0.2, -0.15) is 5.26 Å². The van der Waals surface area contributed by atoms with Crippen molar-refractivity contribution in [2.24, 2.45) is 0 Å². The molecular formula is C14H19N3O3S. The Morgan fingerprint density at radius 1 is 1.38 bits per heavy atom. The van der Waals surface area contributed by atoms with Crippen LogP contribution in [0.4, 0.5) is 0 Å². The zero-order chi connectivity index (χ0) is 15.1. The molecule has 0 aromatic heterocycles. The predicted molar refractivity (Wildman–Crippen MR) is 79.3 cm³/mol. The average Bonchev–Trinajstić information content (AvgIpc) is 2.48. The highest BCUT2D eigenvalue weighted by atomic mass is 32.2. The van der Waals surface area contributed by atoms with Crippen LogP contribution < -0.4 is 10.0 Å². The van der Waals surface area contributed by atoms with Crippen LogP contribution in [-0.4, -0.2) is 46.5 Å². The van der Waals surface area contributed by atoms with Crippen LogP contribution in [0.15, 0.2) is 24.3 Å². The summed E-state index contributed by atoms with van der Waals surface area (Å²) in [5, 5.41) is 11.8. The lowest BCUT2D eigenvalue weighted by atomic mass is 10.1. The van der Waals surface area contributed by atoms with Crippen molar-refractivity contribution in [3.8, 4) is 6.07 Å². The Balaban J connectivity index is 1.77. The Bertz CT molecular complexity index is 587. The van der Waals surface area contributed by atoms with Gasteiger partial charge in [0.25, 0.3) is 0 Å². The van der Waals surface area contributed by atoms with E-state index in [0.29, 0.717) is 31.7 Å². The average molecular weight is 309 g/mol. The molecule has 1 heterocycles. The van der Waals surface area contributed by atoms with E-state index < -0.39 is 10.0 Å². The van der Waals surface area contributed by atoms with Crippen molar-refractivity contribution in [1.82, 2.24) is 10.0 Å². The molecule has 1 aromatic carbocycles. The molecule has 1 saturated heterocycles. The molecule has 6 nitrogen and oxygen atoms in total. The number of benzene rings is 1. The third kappa shape index (κ3) is 5.44. The molecule has 1 aromatic rings. The van der Waals surface area contributed by atoms with Crippen molar-refractivity contribution in [3.05, 3.63) is 35.4 Å². The molecular weight excluding hydrogens is 290 g/mol. The molecule has 0 saturated carbocycles. The van der Waals surface area contributed by atoms with E-state index in [9.17, 15) is 8.42 Å².